The highest BCUT2D eigenvalue weighted by Crippen LogP contribution is 2.10. The van der Waals surface area contributed by atoms with E-state index in [1.54, 1.807) is 0 Å². The van der Waals surface area contributed by atoms with Crippen LogP contribution in [0.4, 0.5) is 0 Å². The summed E-state index contributed by atoms with van der Waals surface area (Å²) >= 11 is 0. The molecule has 0 N–H and O–H groups in total. The largest absolute Gasteiger partial charge is 0.491 e. The van der Waals surface area contributed by atoms with Gasteiger partial charge in [0, 0.05) is 6.61 Å². The lowest BCUT2D eigenvalue weighted by Gasteiger charge is -2.05. The van der Waals surface area contributed by atoms with Crippen LogP contribution in [-0.2, 0) is 4.74 Å². The van der Waals surface area contributed by atoms with Crippen molar-refractivity contribution >= 4 is 0 Å². The van der Waals surface area contributed by atoms with Gasteiger partial charge in [-0.25, -0.2) is 0 Å². The van der Waals surface area contributed by atoms with Crippen LogP contribution >= 0.6 is 0 Å². The van der Waals surface area contributed by atoms with Gasteiger partial charge in [0.05, 0.1) is 6.61 Å². The van der Waals surface area contributed by atoms with E-state index >= 15 is 0 Å². The summed E-state index contributed by atoms with van der Waals surface area (Å²) in [6.45, 7) is 10.6. The highest BCUT2D eigenvalue weighted by molar-refractivity contribution is 5.26. The minimum atomic E-state index is 0.622. The fraction of sp³-hybridized carbons (Fsp3) is 0.684. The van der Waals surface area contributed by atoms with Gasteiger partial charge in [-0.3, -0.25) is 0 Å². The van der Waals surface area contributed by atoms with Crippen molar-refractivity contribution in [1.29, 1.82) is 0 Å². The summed E-state index contributed by atoms with van der Waals surface area (Å²) in [5, 5.41) is 0. The minimum Gasteiger partial charge on any atom is -0.491 e. The van der Waals surface area contributed by atoms with Crippen LogP contribution in [0.5, 0.6) is 5.75 Å². The third kappa shape index (κ3) is 13.7. The van der Waals surface area contributed by atoms with Crippen LogP contribution in [0.1, 0.15) is 64.9 Å². The molecule has 2 heteroatoms. The van der Waals surface area contributed by atoms with Crippen LogP contribution in [0.15, 0.2) is 24.3 Å². The van der Waals surface area contributed by atoms with E-state index in [1.165, 1.54) is 44.1 Å². The van der Waals surface area contributed by atoms with E-state index in [-0.39, 0.29) is 0 Å². The van der Waals surface area contributed by atoms with Gasteiger partial charge in [-0.15, -0.1) is 0 Å². The lowest BCUT2D eigenvalue weighted by atomic mass is 10.1. The molecule has 0 saturated heterocycles. The summed E-state index contributed by atoms with van der Waals surface area (Å²) in [6.07, 6.45) is 8.49. The molecule has 0 fully saturated rings. The van der Waals surface area contributed by atoms with Crippen LogP contribution in [0.3, 0.4) is 0 Å². The van der Waals surface area contributed by atoms with Crippen molar-refractivity contribution in [3.05, 3.63) is 29.8 Å². The smallest absolute Gasteiger partial charge is 0.119 e. The van der Waals surface area contributed by atoms with Gasteiger partial charge in [0.15, 0.2) is 0 Å². The number of hydrogen-bond acceptors (Lipinski definition) is 2. The summed E-state index contributed by atoms with van der Waals surface area (Å²) in [5.41, 5.74) is 1.25. The predicted octanol–water partition coefficient (Wildman–Crippen LogP) is 5.78. The Morgan fingerprint density at radius 2 is 1.33 bits per heavy atom. The number of ether oxygens (including phenoxy) is 2. The first-order chi connectivity index (χ1) is 10.2. The van der Waals surface area contributed by atoms with Gasteiger partial charge >= 0.3 is 0 Å². The van der Waals surface area contributed by atoms with Gasteiger partial charge in [0.25, 0.3) is 0 Å². The van der Waals surface area contributed by atoms with Gasteiger partial charge in [0.2, 0.25) is 0 Å². The molecule has 2 nitrogen and oxygen atoms in total. The molecule has 122 valence electrons. The van der Waals surface area contributed by atoms with Crippen molar-refractivity contribution in [3.8, 4) is 5.75 Å². The summed E-state index contributed by atoms with van der Waals surface area (Å²) in [6, 6.07) is 8.02. The summed E-state index contributed by atoms with van der Waals surface area (Å²) in [7, 11) is 0. The second-order valence-electron chi connectivity index (χ2n) is 5.27. The zero-order chi connectivity index (χ0) is 15.8. The fourth-order valence-corrected chi connectivity index (χ4v) is 1.85. The van der Waals surface area contributed by atoms with Gasteiger partial charge in [-0.2, -0.15) is 0 Å². The Labute approximate surface area is 131 Å². The predicted molar refractivity (Wildman–Crippen MR) is 92.2 cm³/mol. The minimum absolute atomic E-state index is 0.622. The maximum atomic E-state index is 5.44. The van der Waals surface area contributed by atoms with Gasteiger partial charge in [-0.05, 0) is 26.0 Å². The Morgan fingerprint density at radius 1 is 0.762 bits per heavy atom. The Kier molecular flexibility index (Phi) is 14.6. The Bertz CT molecular complexity index is 300. The van der Waals surface area contributed by atoms with E-state index in [0.717, 1.165) is 12.4 Å². The molecule has 0 aliphatic heterocycles. The zero-order valence-corrected chi connectivity index (χ0v) is 14.5. The van der Waals surface area contributed by atoms with Crippen LogP contribution in [0.2, 0.25) is 0 Å². The van der Waals surface area contributed by atoms with E-state index < -0.39 is 0 Å². The zero-order valence-electron chi connectivity index (χ0n) is 14.5. The molecule has 0 aliphatic rings. The quantitative estimate of drug-likeness (QED) is 0.509. The first-order valence-electron chi connectivity index (χ1n) is 8.51. The molecule has 0 saturated carbocycles. The number of unbranched alkanes of at least 4 members (excludes halogenated alkanes) is 5. The van der Waals surface area contributed by atoms with Crippen molar-refractivity contribution in [1.82, 2.24) is 0 Å². The van der Waals surface area contributed by atoms with Crippen molar-refractivity contribution in [2.45, 2.75) is 66.2 Å². The number of rotatable bonds is 10. The number of hydrogen-bond donors (Lipinski definition) is 0. The molecule has 0 aliphatic carbocycles. The van der Waals surface area contributed by atoms with Gasteiger partial charge in [-0.1, -0.05) is 70.1 Å². The first kappa shape index (κ1) is 20.0. The maximum absolute atomic E-state index is 5.44. The topological polar surface area (TPSA) is 18.5 Å². The molecule has 1 aromatic rings. The molecule has 0 atom stereocenters. The molecular weight excluding hydrogens is 260 g/mol. The van der Waals surface area contributed by atoms with E-state index in [1.807, 2.05) is 31.2 Å². The second-order valence-corrected chi connectivity index (χ2v) is 5.27. The molecule has 0 aromatic heterocycles. The van der Waals surface area contributed by atoms with Crippen molar-refractivity contribution in [3.63, 3.8) is 0 Å². The maximum Gasteiger partial charge on any atom is 0.119 e. The van der Waals surface area contributed by atoms with Crippen LogP contribution in [0.25, 0.3) is 0 Å². The Morgan fingerprint density at radius 3 is 1.81 bits per heavy atom. The fourth-order valence-electron chi connectivity index (χ4n) is 1.85. The van der Waals surface area contributed by atoms with Gasteiger partial charge < -0.3 is 9.47 Å². The average molecular weight is 294 g/mol. The highest BCUT2D eigenvalue weighted by atomic mass is 16.5. The van der Waals surface area contributed by atoms with Gasteiger partial charge in [0.1, 0.15) is 12.4 Å². The standard InChI is InChI=1S/C11H16O2.C8H18/c1-3-12-8-9-13-11-6-4-10(2)5-7-11;1-3-5-7-8-6-4-2/h4-7H,3,8-9H2,1-2H3;3-8H2,1-2H3. The SMILES string of the molecule is CCCCCCCC.CCOCCOc1ccc(C)cc1. The molecule has 0 radical (unpaired) electrons. The molecule has 0 heterocycles. The lowest BCUT2D eigenvalue weighted by Crippen LogP contribution is -2.06. The molecule has 0 unspecified atom stereocenters. The monoisotopic (exact) mass is 294 g/mol. The molecule has 0 bridgehead atoms. The molecule has 0 amide bonds. The molecule has 0 spiro atoms. The first-order valence-corrected chi connectivity index (χ1v) is 8.51. The third-order valence-corrected chi connectivity index (χ3v) is 3.18. The normalized spacial score (nSPS) is 9.90. The van der Waals surface area contributed by atoms with Crippen molar-refractivity contribution in [2.24, 2.45) is 0 Å². The molecule has 1 aromatic carbocycles. The van der Waals surface area contributed by atoms with Crippen LogP contribution < -0.4 is 4.74 Å². The Balaban J connectivity index is 0.000000433. The molecular formula is C19H34O2. The van der Waals surface area contributed by atoms with E-state index in [0.29, 0.717) is 13.2 Å². The summed E-state index contributed by atoms with van der Waals surface area (Å²) in [4.78, 5) is 0. The second kappa shape index (κ2) is 15.4. The van der Waals surface area contributed by atoms with E-state index in [9.17, 15) is 0 Å². The highest BCUT2D eigenvalue weighted by Gasteiger charge is 1.91. The lowest BCUT2D eigenvalue weighted by molar-refractivity contribution is 0.110. The summed E-state index contributed by atoms with van der Waals surface area (Å²) < 4.78 is 10.6. The van der Waals surface area contributed by atoms with Crippen molar-refractivity contribution in [2.75, 3.05) is 19.8 Å². The number of aryl methyl sites for hydroxylation is 1. The van der Waals surface area contributed by atoms with Crippen LogP contribution in [0, 0.1) is 6.92 Å². The molecule has 1 rings (SSSR count). The Hall–Kier alpha value is -1.02. The van der Waals surface area contributed by atoms with Crippen molar-refractivity contribution < 1.29 is 9.47 Å². The van der Waals surface area contributed by atoms with E-state index in [4.69, 9.17) is 9.47 Å². The van der Waals surface area contributed by atoms with Crippen LogP contribution in [-0.4, -0.2) is 19.8 Å². The molecule has 21 heavy (non-hydrogen) atoms. The van der Waals surface area contributed by atoms with E-state index in [2.05, 4.69) is 20.8 Å². The summed E-state index contributed by atoms with van der Waals surface area (Å²) in [5.74, 6) is 0.908. The average Bonchev–Trinajstić information content (AvgIpc) is 2.51. The number of benzene rings is 1. The third-order valence-electron chi connectivity index (χ3n) is 3.18.